The SMILES string of the molecule is COc1ccc(CCNC(=NCc2nnc(C)n2C)NC(C)C2CN(C)CCO2)cc1. The van der Waals surface area contributed by atoms with Crippen molar-refractivity contribution in [3.63, 3.8) is 0 Å². The van der Waals surface area contributed by atoms with Crippen molar-refractivity contribution < 1.29 is 9.47 Å². The molecule has 1 aromatic heterocycles. The zero-order valence-corrected chi connectivity index (χ0v) is 19.3. The molecule has 1 saturated heterocycles. The van der Waals surface area contributed by atoms with E-state index in [1.165, 1.54) is 5.56 Å². The van der Waals surface area contributed by atoms with Gasteiger partial charge >= 0.3 is 0 Å². The molecule has 2 heterocycles. The van der Waals surface area contributed by atoms with E-state index in [0.29, 0.717) is 6.54 Å². The molecule has 0 radical (unpaired) electrons. The van der Waals surface area contributed by atoms with Gasteiger partial charge in [0, 0.05) is 26.7 Å². The van der Waals surface area contributed by atoms with Gasteiger partial charge < -0.3 is 29.6 Å². The molecule has 2 aromatic rings. The van der Waals surface area contributed by atoms with Crippen molar-refractivity contribution in [1.82, 2.24) is 30.3 Å². The average molecular weight is 430 g/mol. The predicted molar refractivity (Wildman–Crippen MR) is 121 cm³/mol. The summed E-state index contributed by atoms with van der Waals surface area (Å²) < 4.78 is 13.2. The first kappa shape index (κ1) is 23.0. The van der Waals surface area contributed by atoms with E-state index in [1.807, 2.05) is 30.7 Å². The van der Waals surface area contributed by atoms with E-state index >= 15 is 0 Å². The Morgan fingerprint density at radius 2 is 2.06 bits per heavy atom. The van der Waals surface area contributed by atoms with Crippen LogP contribution in [0.4, 0.5) is 0 Å². The van der Waals surface area contributed by atoms with Gasteiger partial charge in [-0.1, -0.05) is 12.1 Å². The fraction of sp³-hybridized carbons (Fsp3) is 0.591. The number of benzene rings is 1. The Kier molecular flexibility index (Phi) is 8.25. The fourth-order valence-corrected chi connectivity index (χ4v) is 3.43. The van der Waals surface area contributed by atoms with Crippen molar-refractivity contribution >= 4 is 5.96 Å². The number of nitrogens with zero attached hydrogens (tertiary/aromatic N) is 5. The lowest BCUT2D eigenvalue weighted by Gasteiger charge is -2.34. The molecule has 0 aliphatic carbocycles. The van der Waals surface area contributed by atoms with Gasteiger partial charge in [-0.3, -0.25) is 0 Å². The Balaban J connectivity index is 1.62. The number of nitrogens with one attached hydrogen (secondary N) is 2. The van der Waals surface area contributed by atoms with Gasteiger partial charge in [-0.2, -0.15) is 0 Å². The molecule has 1 fully saturated rings. The molecule has 2 unspecified atom stereocenters. The summed E-state index contributed by atoms with van der Waals surface area (Å²) in [4.78, 5) is 7.06. The highest BCUT2D eigenvalue weighted by Crippen LogP contribution is 2.11. The third-order valence-corrected chi connectivity index (χ3v) is 5.65. The van der Waals surface area contributed by atoms with Crippen LogP contribution in [0.2, 0.25) is 0 Å². The molecule has 2 atom stereocenters. The molecule has 0 bridgehead atoms. The number of aromatic nitrogens is 3. The van der Waals surface area contributed by atoms with Crippen LogP contribution in [-0.2, 0) is 24.8 Å². The van der Waals surface area contributed by atoms with Gasteiger partial charge in [0.25, 0.3) is 0 Å². The van der Waals surface area contributed by atoms with Crippen LogP contribution < -0.4 is 15.4 Å². The molecule has 9 heteroatoms. The number of methoxy groups -OCH3 is 1. The smallest absolute Gasteiger partial charge is 0.192 e. The Hall–Kier alpha value is -2.65. The number of ether oxygens (including phenoxy) is 2. The summed E-state index contributed by atoms with van der Waals surface area (Å²) >= 11 is 0. The fourth-order valence-electron chi connectivity index (χ4n) is 3.43. The van der Waals surface area contributed by atoms with E-state index in [1.54, 1.807) is 7.11 Å². The second kappa shape index (κ2) is 11.1. The van der Waals surface area contributed by atoms with Crippen LogP contribution in [0.15, 0.2) is 29.3 Å². The van der Waals surface area contributed by atoms with Crippen molar-refractivity contribution in [2.45, 2.75) is 39.0 Å². The molecule has 0 saturated carbocycles. The number of aliphatic imine (C=N–C) groups is 1. The molecule has 2 N–H and O–H groups in total. The minimum Gasteiger partial charge on any atom is -0.497 e. The molecule has 9 nitrogen and oxygen atoms in total. The normalized spacial score (nSPS) is 18.6. The van der Waals surface area contributed by atoms with Gasteiger partial charge in [-0.15, -0.1) is 10.2 Å². The molecule has 3 rings (SSSR count). The maximum atomic E-state index is 5.97. The van der Waals surface area contributed by atoms with Crippen LogP contribution in [0.3, 0.4) is 0 Å². The molecule has 0 spiro atoms. The number of morpholine rings is 1. The molecule has 0 amide bonds. The second-order valence-electron chi connectivity index (χ2n) is 8.02. The Morgan fingerprint density at radius 3 is 2.71 bits per heavy atom. The number of hydrogen-bond acceptors (Lipinski definition) is 6. The minimum absolute atomic E-state index is 0.115. The summed E-state index contributed by atoms with van der Waals surface area (Å²) in [6, 6.07) is 8.26. The zero-order chi connectivity index (χ0) is 22.2. The van der Waals surface area contributed by atoms with Crippen LogP contribution in [0.5, 0.6) is 5.75 Å². The van der Waals surface area contributed by atoms with Crippen molar-refractivity contribution in [3.8, 4) is 5.75 Å². The summed E-state index contributed by atoms with van der Waals surface area (Å²) in [6.07, 6.45) is 0.995. The van der Waals surface area contributed by atoms with Crippen molar-refractivity contribution in [3.05, 3.63) is 41.5 Å². The molecular weight excluding hydrogens is 394 g/mol. The highest BCUT2D eigenvalue weighted by Gasteiger charge is 2.24. The summed E-state index contributed by atoms with van der Waals surface area (Å²) in [5, 5.41) is 15.3. The molecule has 1 aliphatic heterocycles. The third kappa shape index (κ3) is 6.67. The minimum atomic E-state index is 0.115. The van der Waals surface area contributed by atoms with E-state index < -0.39 is 0 Å². The van der Waals surface area contributed by atoms with Crippen LogP contribution in [-0.4, -0.2) is 78.2 Å². The van der Waals surface area contributed by atoms with Crippen LogP contribution in [0.25, 0.3) is 0 Å². The standard InChI is InChI=1S/C22H35N7O2/c1-16(20-15-28(3)12-13-31-20)25-22(24-14-21-27-26-17(2)29(21)4)23-11-10-18-6-8-19(30-5)9-7-18/h6-9,16,20H,10-15H2,1-5H3,(H2,23,24,25). The number of aryl methyl sites for hydroxylation is 1. The Bertz CT molecular complexity index is 850. The van der Waals surface area contributed by atoms with Crippen LogP contribution in [0, 0.1) is 6.92 Å². The monoisotopic (exact) mass is 429 g/mol. The first-order chi connectivity index (χ1) is 15.0. The molecule has 1 aliphatic rings. The van der Waals surface area contributed by atoms with Gasteiger partial charge in [0.2, 0.25) is 0 Å². The highest BCUT2D eigenvalue weighted by atomic mass is 16.5. The lowest BCUT2D eigenvalue weighted by atomic mass is 10.1. The van der Waals surface area contributed by atoms with E-state index in [4.69, 9.17) is 14.5 Å². The number of rotatable bonds is 8. The van der Waals surface area contributed by atoms with Crippen molar-refractivity contribution in [2.75, 3.05) is 40.4 Å². The molecule has 31 heavy (non-hydrogen) atoms. The highest BCUT2D eigenvalue weighted by molar-refractivity contribution is 5.80. The van der Waals surface area contributed by atoms with Gasteiger partial charge in [0.1, 0.15) is 18.1 Å². The van der Waals surface area contributed by atoms with E-state index in [9.17, 15) is 0 Å². The lowest BCUT2D eigenvalue weighted by molar-refractivity contribution is -0.0324. The molecular formula is C22H35N7O2. The van der Waals surface area contributed by atoms with E-state index in [2.05, 4.69) is 51.8 Å². The maximum absolute atomic E-state index is 5.97. The van der Waals surface area contributed by atoms with Crippen LogP contribution >= 0.6 is 0 Å². The van der Waals surface area contributed by atoms with Crippen LogP contribution in [0.1, 0.15) is 24.1 Å². The van der Waals surface area contributed by atoms with E-state index in [0.717, 1.165) is 56.0 Å². The summed E-state index contributed by atoms with van der Waals surface area (Å²) in [5.41, 5.74) is 1.24. The summed E-state index contributed by atoms with van der Waals surface area (Å²) in [7, 11) is 5.76. The quantitative estimate of drug-likeness (QED) is 0.480. The Labute approximate surface area is 184 Å². The van der Waals surface area contributed by atoms with Gasteiger partial charge in [-0.05, 0) is 45.0 Å². The van der Waals surface area contributed by atoms with E-state index in [-0.39, 0.29) is 12.1 Å². The van der Waals surface area contributed by atoms with Gasteiger partial charge in [0.05, 0.1) is 25.9 Å². The number of guanidine groups is 1. The van der Waals surface area contributed by atoms with Crippen molar-refractivity contribution in [1.29, 1.82) is 0 Å². The average Bonchev–Trinajstić information content (AvgIpc) is 3.10. The maximum Gasteiger partial charge on any atom is 0.192 e. The first-order valence-electron chi connectivity index (χ1n) is 10.8. The largest absolute Gasteiger partial charge is 0.497 e. The topological polar surface area (TPSA) is 88.8 Å². The van der Waals surface area contributed by atoms with Crippen molar-refractivity contribution in [2.24, 2.45) is 12.0 Å². The summed E-state index contributed by atoms with van der Waals surface area (Å²) in [6.45, 7) is 7.90. The predicted octanol–water partition coefficient (Wildman–Crippen LogP) is 1.13. The van der Waals surface area contributed by atoms with Gasteiger partial charge in [0.15, 0.2) is 11.8 Å². The zero-order valence-electron chi connectivity index (χ0n) is 19.3. The molecule has 170 valence electrons. The lowest BCUT2D eigenvalue weighted by Crippen LogP contribution is -2.53. The number of likely N-dealkylation sites (N-methyl/N-ethyl adjacent to an activating group) is 1. The Morgan fingerprint density at radius 1 is 1.29 bits per heavy atom. The summed E-state index contributed by atoms with van der Waals surface area (Å²) in [5.74, 6) is 3.32. The second-order valence-corrected chi connectivity index (χ2v) is 8.02. The van der Waals surface area contributed by atoms with Gasteiger partial charge in [-0.25, -0.2) is 4.99 Å². The molecule has 1 aromatic carbocycles. The first-order valence-corrected chi connectivity index (χ1v) is 10.8. The third-order valence-electron chi connectivity index (χ3n) is 5.65. The number of hydrogen-bond donors (Lipinski definition) is 2.